The van der Waals surface area contributed by atoms with Crippen LogP contribution < -0.4 is 4.74 Å². The number of rotatable bonds is 4. The number of benzene rings is 2. The lowest BCUT2D eigenvalue weighted by molar-refractivity contribution is -0.154. The SMILES string of the molecule is CCc1ccc(C(=O)[C@]2(C)[C@H]3c4cc(Br)ccc4OC(=O)[C@@]32C(=O)N2CCCCC2)cc1. The summed E-state index contributed by atoms with van der Waals surface area (Å²) in [6.07, 6.45) is 3.76. The van der Waals surface area contributed by atoms with Crippen molar-refractivity contribution in [1.82, 2.24) is 4.90 Å². The normalized spacial score (nSPS) is 28.4. The van der Waals surface area contributed by atoms with E-state index in [0.29, 0.717) is 24.4 Å². The predicted octanol–water partition coefficient (Wildman–Crippen LogP) is 4.92. The molecule has 0 N–H and O–H groups in total. The standard InChI is InChI=1S/C26H26BrNO4/c1-3-16-7-9-17(10-8-16)22(29)25(2)21-19-15-18(27)11-12-20(19)32-24(31)26(21,25)23(30)28-13-5-4-6-14-28/h7-12,15,21H,3-6,13-14H2,1-2H3/t21-,25+,26+/m1/s1. The molecule has 32 heavy (non-hydrogen) atoms. The predicted molar refractivity (Wildman–Crippen MR) is 124 cm³/mol. The first-order valence-electron chi connectivity index (χ1n) is 11.3. The summed E-state index contributed by atoms with van der Waals surface area (Å²) >= 11 is 3.50. The molecule has 1 saturated carbocycles. The first kappa shape index (κ1) is 21.4. The zero-order valence-corrected chi connectivity index (χ0v) is 19.9. The fraction of sp³-hybridized carbons (Fsp3) is 0.423. The molecule has 0 spiro atoms. The first-order chi connectivity index (χ1) is 15.4. The number of fused-ring (bicyclic) bond motifs is 3. The molecule has 0 unspecified atom stereocenters. The third-order valence-electron chi connectivity index (χ3n) is 7.63. The highest BCUT2D eigenvalue weighted by Gasteiger charge is 2.88. The molecular weight excluding hydrogens is 470 g/mol. The Hall–Kier alpha value is -2.47. The van der Waals surface area contributed by atoms with Gasteiger partial charge in [-0.1, -0.05) is 47.1 Å². The molecule has 1 amide bonds. The molecule has 2 heterocycles. The van der Waals surface area contributed by atoms with Gasteiger partial charge in [-0.15, -0.1) is 0 Å². The van der Waals surface area contributed by atoms with Crippen LogP contribution in [0, 0.1) is 10.8 Å². The molecule has 1 saturated heterocycles. The van der Waals surface area contributed by atoms with Crippen LogP contribution in [0.4, 0.5) is 0 Å². The third-order valence-corrected chi connectivity index (χ3v) is 8.12. The number of carbonyl (C=O) groups excluding carboxylic acids is 3. The van der Waals surface area contributed by atoms with Crippen LogP contribution in [-0.4, -0.2) is 35.6 Å². The average Bonchev–Trinajstić information content (AvgIpc) is 3.42. The Kier molecular flexibility index (Phi) is 5.04. The minimum Gasteiger partial charge on any atom is -0.425 e. The lowest BCUT2D eigenvalue weighted by Gasteiger charge is -2.32. The van der Waals surface area contributed by atoms with E-state index in [2.05, 4.69) is 22.9 Å². The van der Waals surface area contributed by atoms with Crippen LogP contribution in [0.5, 0.6) is 5.75 Å². The van der Waals surface area contributed by atoms with Crippen molar-refractivity contribution in [2.75, 3.05) is 13.1 Å². The van der Waals surface area contributed by atoms with Crippen LogP contribution in [0.2, 0.25) is 0 Å². The molecule has 0 aromatic heterocycles. The second-order valence-electron chi connectivity index (χ2n) is 9.25. The van der Waals surface area contributed by atoms with E-state index in [1.165, 1.54) is 0 Å². The largest absolute Gasteiger partial charge is 0.425 e. The number of amides is 1. The van der Waals surface area contributed by atoms with Gasteiger partial charge in [0.05, 0.1) is 5.41 Å². The van der Waals surface area contributed by atoms with E-state index in [-0.39, 0.29) is 11.7 Å². The van der Waals surface area contributed by atoms with Gasteiger partial charge in [-0.25, -0.2) is 0 Å². The third kappa shape index (κ3) is 2.78. The van der Waals surface area contributed by atoms with E-state index >= 15 is 0 Å². The summed E-state index contributed by atoms with van der Waals surface area (Å²) in [5, 5.41) is 0. The van der Waals surface area contributed by atoms with Gasteiger partial charge < -0.3 is 9.64 Å². The van der Waals surface area contributed by atoms with Crippen molar-refractivity contribution >= 4 is 33.6 Å². The molecule has 3 aliphatic rings. The van der Waals surface area contributed by atoms with E-state index in [1.807, 2.05) is 30.3 Å². The van der Waals surface area contributed by atoms with Crippen molar-refractivity contribution in [2.24, 2.45) is 10.8 Å². The maximum Gasteiger partial charge on any atom is 0.328 e. The number of esters is 1. The second kappa shape index (κ2) is 7.55. The molecule has 166 valence electrons. The molecule has 5 nitrogen and oxygen atoms in total. The Labute approximate surface area is 196 Å². The van der Waals surface area contributed by atoms with Crippen molar-refractivity contribution in [3.63, 3.8) is 0 Å². The summed E-state index contributed by atoms with van der Waals surface area (Å²) in [5.74, 6) is -1.16. The average molecular weight is 496 g/mol. The van der Waals surface area contributed by atoms with Crippen molar-refractivity contribution < 1.29 is 19.1 Å². The lowest BCUT2D eigenvalue weighted by Crippen LogP contribution is -2.49. The van der Waals surface area contributed by atoms with Crippen LogP contribution in [-0.2, 0) is 16.0 Å². The minimum absolute atomic E-state index is 0.180. The smallest absolute Gasteiger partial charge is 0.328 e. The van der Waals surface area contributed by atoms with E-state index in [9.17, 15) is 14.4 Å². The summed E-state index contributed by atoms with van der Waals surface area (Å²) in [6, 6.07) is 12.9. The number of nitrogens with zero attached hydrogens (tertiary/aromatic N) is 1. The summed E-state index contributed by atoms with van der Waals surface area (Å²) < 4.78 is 6.54. The number of halogens is 1. The molecule has 5 rings (SSSR count). The summed E-state index contributed by atoms with van der Waals surface area (Å²) in [7, 11) is 0. The molecule has 0 radical (unpaired) electrons. The van der Waals surface area contributed by atoms with Crippen LogP contribution in [0.25, 0.3) is 0 Å². The Balaban J connectivity index is 1.64. The van der Waals surface area contributed by atoms with Crippen molar-refractivity contribution in [3.8, 4) is 5.75 Å². The highest BCUT2D eigenvalue weighted by molar-refractivity contribution is 9.10. The number of hydrogen-bond acceptors (Lipinski definition) is 4. The number of hydrogen-bond donors (Lipinski definition) is 0. The van der Waals surface area contributed by atoms with Crippen LogP contribution >= 0.6 is 15.9 Å². The molecule has 2 aromatic rings. The quantitative estimate of drug-likeness (QED) is 0.261. The van der Waals surface area contributed by atoms with Gasteiger partial charge in [0.2, 0.25) is 5.91 Å². The van der Waals surface area contributed by atoms with Gasteiger partial charge in [0.25, 0.3) is 0 Å². The van der Waals surface area contributed by atoms with E-state index < -0.39 is 22.7 Å². The fourth-order valence-corrected chi connectivity index (χ4v) is 6.17. The monoisotopic (exact) mass is 495 g/mol. The maximum atomic E-state index is 13.9. The molecule has 2 aliphatic heterocycles. The molecular formula is C26H26BrNO4. The number of carbonyl (C=O) groups is 3. The zero-order valence-electron chi connectivity index (χ0n) is 18.3. The number of ether oxygens (including phenoxy) is 1. The van der Waals surface area contributed by atoms with Gasteiger partial charge in [0, 0.05) is 34.6 Å². The van der Waals surface area contributed by atoms with E-state index in [4.69, 9.17) is 4.74 Å². The molecule has 1 aliphatic carbocycles. The Morgan fingerprint density at radius 1 is 1.09 bits per heavy atom. The Bertz CT molecular complexity index is 1120. The lowest BCUT2D eigenvalue weighted by atomic mass is 9.85. The topological polar surface area (TPSA) is 63.7 Å². The summed E-state index contributed by atoms with van der Waals surface area (Å²) in [5.41, 5.74) is -0.316. The number of Topliss-reactive ketones (excluding diaryl/α,β-unsaturated/α-hetero) is 1. The highest BCUT2D eigenvalue weighted by atomic mass is 79.9. The molecule has 0 bridgehead atoms. The van der Waals surface area contributed by atoms with E-state index in [1.54, 1.807) is 24.0 Å². The zero-order chi connectivity index (χ0) is 22.7. The first-order valence-corrected chi connectivity index (χ1v) is 12.1. The second-order valence-corrected chi connectivity index (χ2v) is 10.2. The molecule has 2 fully saturated rings. The Morgan fingerprint density at radius 3 is 2.44 bits per heavy atom. The molecule has 6 heteroatoms. The van der Waals surface area contributed by atoms with Gasteiger partial charge >= 0.3 is 5.97 Å². The Morgan fingerprint density at radius 2 is 1.78 bits per heavy atom. The van der Waals surface area contributed by atoms with Crippen LogP contribution in [0.15, 0.2) is 46.9 Å². The van der Waals surface area contributed by atoms with E-state index in [0.717, 1.165) is 41.3 Å². The minimum atomic E-state index is -1.52. The van der Waals surface area contributed by atoms with Crippen molar-refractivity contribution in [3.05, 3.63) is 63.6 Å². The van der Waals surface area contributed by atoms with Gasteiger partial charge in [-0.2, -0.15) is 0 Å². The highest BCUT2D eigenvalue weighted by Crippen LogP contribution is 2.78. The van der Waals surface area contributed by atoms with Gasteiger partial charge in [-0.05, 0) is 56.4 Å². The van der Waals surface area contributed by atoms with Gasteiger partial charge in [0.1, 0.15) is 5.75 Å². The van der Waals surface area contributed by atoms with Crippen LogP contribution in [0.3, 0.4) is 0 Å². The number of likely N-dealkylation sites (tertiary alicyclic amines) is 1. The molecule has 2 aromatic carbocycles. The van der Waals surface area contributed by atoms with Gasteiger partial charge in [0.15, 0.2) is 11.2 Å². The maximum absolute atomic E-state index is 13.9. The molecule has 3 atom stereocenters. The van der Waals surface area contributed by atoms with Crippen LogP contribution in [0.1, 0.15) is 60.5 Å². The number of ketones is 1. The summed E-state index contributed by atoms with van der Waals surface area (Å²) in [4.78, 5) is 43.1. The van der Waals surface area contributed by atoms with Crippen molar-refractivity contribution in [1.29, 1.82) is 0 Å². The number of aryl methyl sites for hydroxylation is 1. The number of piperidine rings is 1. The van der Waals surface area contributed by atoms with Gasteiger partial charge in [-0.3, -0.25) is 14.4 Å². The van der Waals surface area contributed by atoms with Crippen molar-refractivity contribution in [2.45, 2.75) is 45.4 Å². The fourth-order valence-electron chi connectivity index (χ4n) is 5.79. The summed E-state index contributed by atoms with van der Waals surface area (Å²) in [6.45, 7) is 5.06.